The van der Waals surface area contributed by atoms with E-state index in [-0.39, 0.29) is 0 Å². The molecule has 0 aromatic rings. The van der Waals surface area contributed by atoms with Gasteiger partial charge in [-0.3, -0.25) is 0 Å². The molecule has 124 valence electrons. The molecule has 0 aromatic heterocycles. The highest BCUT2D eigenvalue weighted by Gasteiger charge is 2.43. The van der Waals surface area contributed by atoms with Crippen LogP contribution in [0.3, 0.4) is 0 Å². The zero-order chi connectivity index (χ0) is 15.2. The van der Waals surface area contributed by atoms with E-state index in [1.165, 1.54) is 32.1 Å². The Hall–Kier alpha value is -0.240. The van der Waals surface area contributed by atoms with Gasteiger partial charge in [0, 0.05) is 6.61 Å². The first-order chi connectivity index (χ1) is 10.1. The minimum absolute atomic E-state index is 0.424. The number of rotatable bonds is 6. The van der Waals surface area contributed by atoms with E-state index < -0.39 is 37.3 Å². The Morgan fingerprint density at radius 2 is 1.67 bits per heavy atom. The monoisotopic (exact) mass is 304 g/mol. The third kappa shape index (κ3) is 4.61. The fourth-order valence-electron chi connectivity index (χ4n) is 3.25. The first-order valence-corrected chi connectivity index (χ1v) is 8.05. The van der Waals surface area contributed by atoms with E-state index in [0.717, 1.165) is 18.8 Å². The Morgan fingerprint density at radius 3 is 2.33 bits per heavy atom. The molecule has 0 amide bonds. The van der Waals surface area contributed by atoms with Crippen molar-refractivity contribution in [3.63, 3.8) is 0 Å². The van der Waals surface area contributed by atoms with Crippen LogP contribution in [0.4, 0.5) is 0 Å². The average molecular weight is 304 g/mol. The van der Waals surface area contributed by atoms with Crippen molar-refractivity contribution in [2.45, 2.75) is 75.7 Å². The summed E-state index contributed by atoms with van der Waals surface area (Å²) in [6.45, 7) is 0.0199. The molecule has 1 aliphatic heterocycles. The van der Waals surface area contributed by atoms with Crippen LogP contribution < -0.4 is 0 Å². The van der Waals surface area contributed by atoms with Gasteiger partial charge in [-0.15, -0.1) is 0 Å². The highest BCUT2D eigenvalue weighted by molar-refractivity contribution is 4.88. The van der Waals surface area contributed by atoms with Crippen molar-refractivity contribution in [2.24, 2.45) is 5.92 Å². The van der Waals surface area contributed by atoms with Crippen LogP contribution in [0.1, 0.15) is 44.9 Å². The van der Waals surface area contributed by atoms with E-state index in [1.54, 1.807) is 0 Å². The maximum Gasteiger partial charge on any atom is 0.186 e. The van der Waals surface area contributed by atoms with Crippen LogP contribution in [0.2, 0.25) is 0 Å². The van der Waals surface area contributed by atoms with E-state index in [0.29, 0.717) is 6.61 Å². The number of hydrogen-bond acceptors (Lipinski definition) is 6. The standard InChI is InChI=1S/C15H28O6/c16-9-11-12(17)13(18)14(19)15(21-11)20-8-4-7-10-5-2-1-3-6-10/h10-19H,1-9H2. The molecule has 5 unspecified atom stereocenters. The van der Waals surface area contributed by atoms with Gasteiger partial charge in [0.05, 0.1) is 6.61 Å². The van der Waals surface area contributed by atoms with Gasteiger partial charge >= 0.3 is 0 Å². The summed E-state index contributed by atoms with van der Waals surface area (Å²) in [5.74, 6) is 0.775. The average Bonchev–Trinajstić information content (AvgIpc) is 2.52. The summed E-state index contributed by atoms with van der Waals surface area (Å²) in [4.78, 5) is 0. The van der Waals surface area contributed by atoms with Crippen molar-refractivity contribution in [1.29, 1.82) is 0 Å². The SMILES string of the molecule is OCC1OC(OCCCC2CCCCC2)C(O)C(O)C1O. The first-order valence-electron chi connectivity index (χ1n) is 8.05. The van der Waals surface area contributed by atoms with Crippen LogP contribution in [0.25, 0.3) is 0 Å². The van der Waals surface area contributed by atoms with Gasteiger partial charge in [0.1, 0.15) is 24.4 Å². The minimum atomic E-state index is -1.36. The van der Waals surface area contributed by atoms with Gasteiger partial charge in [0.2, 0.25) is 0 Å². The van der Waals surface area contributed by atoms with Gasteiger partial charge in [-0.1, -0.05) is 32.1 Å². The second-order valence-corrected chi connectivity index (χ2v) is 6.21. The Labute approximate surface area is 125 Å². The Kier molecular flexibility index (Phi) is 6.85. The predicted molar refractivity (Wildman–Crippen MR) is 75.5 cm³/mol. The molecule has 0 radical (unpaired) electrons. The van der Waals surface area contributed by atoms with E-state index in [2.05, 4.69) is 0 Å². The van der Waals surface area contributed by atoms with Crippen molar-refractivity contribution in [3.05, 3.63) is 0 Å². The Bertz CT molecular complexity index is 292. The summed E-state index contributed by atoms with van der Waals surface area (Å²) in [5, 5.41) is 38.2. The molecule has 1 saturated heterocycles. The summed E-state index contributed by atoms with van der Waals surface area (Å²) in [7, 11) is 0. The van der Waals surface area contributed by atoms with Crippen LogP contribution in [0.5, 0.6) is 0 Å². The smallest absolute Gasteiger partial charge is 0.186 e. The van der Waals surface area contributed by atoms with Crippen molar-refractivity contribution in [2.75, 3.05) is 13.2 Å². The molecular weight excluding hydrogens is 276 g/mol. The minimum Gasteiger partial charge on any atom is -0.394 e. The third-order valence-corrected chi connectivity index (χ3v) is 4.61. The summed E-state index contributed by atoms with van der Waals surface area (Å²) in [5.41, 5.74) is 0. The molecule has 0 spiro atoms. The molecule has 1 aliphatic carbocycles. The molecule has 0 bridgehead atoms. The van der Waals surface area contributed by atoms with Gasteiger partial charge in [0.15, 0.2) is 6.29 Å². The third-order valence-electron chi connectivity index (χ3n) is 4.61. The van der Waals surface area contributed by atoms with Gasteiger partial charge in [-0.25, -0.2) is 0 Å². The maximum absolute atomic E-state index is 9.83. The van der Waals surface area contributed by atoms with E-state index in [1.807, 2.05) is 0 Å². The number of hydrogen-bond donors (Lipinski definition) is 4. The zero-order valence-electron chi connectivity index (χ0n) is 12.4. The lowest BCUT2D eigenvalue weighted by atomic mass is 9.86. The van der Waals surface area contributed by atoms with Crippen LogP contribution >= 0.6 is 0 Å². The Balaban J connectivity index is 1.69. The molecule has 1 saturated carbocycles. The largest absolute Gasteiger partial charge is 0.394 e. The highest BCUT2D eigenvalue weighted by Crippen LogP contribution is 2.27. The van der Waals surface area contributed by atoms with Gasteiger partial charge in [-0.2, -0.15) is 0 Å². The van der Waals surface area contributed by atoms with Crippen molar-refractivity contribution < 1.29 is 29.9 Å². The number of aliphatic hydroxyl groups is 4. The summed E-state index contributed by atoms with van der Waals surface area (Å²) in [6, 6.07) is 0. The quantitative estimate of drug-likeness (QED) is 0.522. The van der Waals surface area contributed by atoms with Crippen molar-refractivity contribution in [3.8, 4) is 0 Å². The molecule has 2 fully saturated rings. The van der Waals surface area contributed by atoms with Gasteiger partial charge in [0.25, 0.3) is 0 Å². The normalized spacial score (nSPS) is 38.6. The van der Waals surface area contributed by atoms with Crippen LogP contribution in [0, 0.1) is 5.92 Å². The fraction of sp³-hybridized carbons (Fsp3) is 1.00. The Morgan fingerprint density at radius 1 is 0.952 bits per heavy atom. The van der Waals surface area contributed by atoms with Crippen LogP contribution in [-0.2, 0) is 9.47 Å². The molecule has 21 heavy (non-hydrogen) atoms. The molecule has 1 heterocycles. The topological polar surface area (TPSA) is 99.4 Å². The predicted octanol–water partition coefficient (Wildman–Crippen LogP) is 0.163. The van der Waals surface area contributed by atoms with Gasteiger partial charge < -0.3 is 29.9 Å². The molecular formula is C15H28O6. The lowest BCUT2D eigenvalue weighted by molar-refractivity contribution is -0.301. The summed E-state index contributed by atoms with van der Waals surface area (Å²) >= 11 is 0. The van der Waals surface area contributed by atoms with Crippen molar-refractivity contribution in [1.82, 2.24) is 0 Å². The molecule has 6 heteroatoms. The fourth-order valence-corrected chi connectivity index (χ4v) is 3.25. The van der Waals surface area contributed by atoms with E-state index in [9.17, 15) is 15.3 Å². The second-order valence-electron chi connectivity index (χ2n) is 6.21. The summed E-state index contributed by atoms with van der Waals surface area (Å²) < 4.78 is 10.8. The highest BCUT2D eigenvalue weighted by atomic mass is 16.7. The lowest BCUT2D eigenvalue weighted by Gasteiger charge is -2.39. The molecule has 2 aliphatic rings. The summed E-state index contributed by atoms with van der Waals surface area (Å²) in [6.07, 6.45) is 2.69. The molecule has 2 rings (SSSR count). The number of ether oxygens (including phenoxy) is 2. The molecule has 0 aromatic carbocycles. The van der Waals surface area contributed by atoms with Crippen LogP contribution in [0.15, 0.2) is 0 Å². The molecule has 4 N–H and O–H groups in total. The first kappa shape index (κ1) is 17.1. The molecule has 6 nitrogen and oxygen atoms in total. The lowest BCUT2D eigenvalue weighted by Crippen LogP contribution is -2.59. The second kappa shape index (κ2) is 8.41. The maximum atomic E-state index is 9.83. The van der Waals surface area contributed by atoms with E-state index in [4.69, 9.17) is 14.6 Å². The zero-order valence-corrected chi connectivity index (χ0v) is 12.4. The van der Waals surface area contributed by atoms with Gasteiger partial charge in [-0.05, 0) is 18.8 Å². The van der Waals surface area contributed by atoms with Crippen molar-refractivity contribution >= 4 is 0 Å². The van der Waals surface area contributed by atoms with Crippen LogP contribution in [-0.4, -0.2) is 64.3 Å². The number of aliphatic hydroxyl groups excluding tert-OH is 4. The molecule has 5 atom stereocenters. The van der Waals surface area contributed by atoms with E-state index >= 15 is 0 Å².